The van der Waals surface area contributed by atoms with Crippen LogP contribution in [0.25, 0.3) is 0 Å². The molecule has 2 aromatic carbocycles. The molecule has 0 fully saturated rings. The van der Waals surface area contributed by atoms with E-state index in [9.17, 15) is 4.79 Å². The van der Waals surface area contributed by atoms with E-state index in [1.165, 1.54) is 0 Å². The SMILES string of the molecule is CN(Cc1ccco1)C(=O)CC(c1ccccc1)c1ccccc1. The number of carbonyl (C=O) groups is 1. The van der Waals surface area contributed by atoms with Gasteiger partial charge in [-0.15, -0.1) is 0 Å². The molecule has 24 heavy (non-hydrogen) atoms. The Morgan fingerprint density at radius 2 is 1.50 bits per heavy atom. The van der Waals surface area contributed by atoms with Gasteiger partial charge in [-0.1, -0.05) is 60.7 Å². The number of hydrogen-bond donors (Lipinski definition) is 0. The first-order chi connectivity index (χ1) is 11.7. The summed E-state index contributed by atoms with van der Waals surface area (Å²) in [6.45, 7) is 0.488. The van der Waals surface area contributed by atoms with Gasteiger partial charge in [0.15, 0.2) is 0 Å². The van der Waals surface area contributed by atoms with Crippen LogP contribution < -0.4 is 0 Å². The van der Waals surface area contributed by atoms with Gasteiger partial charge in [0.25, 0.3) is 0 Å². The van der Waals surface area contributed by atoms with E-state index in [0.717, 1.165) is 16.9 Å². The predicted octanol–water partition coefficient (Wildman–Crippen LogP) is 4.46. The summed E-state index contributed by atoms with van der Waals surface area (Å²) in [5, 5.41) is 0. The van der Waals surface area contributed by atoms with E-state index in [0.29, 0.717) is 13.0 Å². The predicted molar refractivity (Wildman–Crippen MR) is 94.5 cm³/mol. The van der Waals surface area contributed by atoms with E-state index in [1.54, 1.807) is 11.2 Å². The number of amides is 1. The number of rotatable bonds is 6. The molecule has 3 aromatic rings. The fourth-order valence-corrected chi connectivity index (χ4v) is 2.85. The Bertz CT molecular complexity index is 712. The second-order valence-electron chi connectivity index (χ2n) is 5.91. The Morgan fingerprint density at radius 1 is 0.917 bits per heavy atom. The summed E-state index contributed by atoms with van der Waals surface area (Å²) in [5.74, 6) is 0.949. The largest absolute Gasteiger partial charge is 0.467 e. The Balaban J connectivity index is 1.78. The minimum atomic E-state index is 0.0546. The normalized spacial score (nSPS) is 10.8. The van der Waals surface area contributed by atoms with E-state index in [2.05, 4.69) is 24.3 Å². The lowest BCUT2D eigenvalue weighted by atomic mass is 9.88. The lowest BCUT2D eigenvalue weighted by molar-refractivity contribution is -0.130. The first-order valence-electron chi connectivity index (χ1n) is 8.10. The second-order valence-corrected chi connectivity index (χ2v) is 5.91. The van der Waals surface area contributed by atoms with Crippen molar-refractivity contribution in [3.8, 4) is 0 Å². The molecule has 0 saturated carbocycles. The summed E-state index contributed by atoms with van der Waals surface area (Å²) in [7, 11) is 1.82. The summed E-state index contributed by atoms with van der Waals surface area (Å²) in [6, 6.07) is 24.1. The zero-order valence-electron chi connectivity index (χ0n) is 13.8. The van der Waals surface area contributed by atoms with Gasteiger partial charge in [0, 0.05) is 19.4 Å². The molecule has 122 valence electrons. The van der Waals surface area contributed by atoms with Crippen LogP contribution in [0.4, 0.5) is 0 Å². The molecular weight excluding hydrogens is 298 g/mol. The van der Waals surface area contributed by atoms with Crippen molar-refractivity contribution in [1.82, 2.24) is 4.90 Å². The Morgan fingerprint density at radius 3 is 2.00 bits per heavy atom. The molecule has 0 atom stereocenters. The van der Waals surface area contributed by atoms with Crippen molar-refractivity contribution in [3.63, 3.8) is 0 Å². The lowest BCUT2D eigenvalue weighted by Gasteiger charge is -2.22. The lowest BCUT2D eigenvalue weighted by Crippen LogP contribution is -2.27. The molecule has 0 bridgehead atoms. The molecule has 0 aliphatic heterocycles. The molecule has 1 aromatic heterocycles. The number of benzene rings is 2. The highest BCUT2D eigenvalue weighted by Crippen LogP contribution is 2.28. The maximum atomic E-state index is 12.7. The van der Waals surface area contributed by atoms with Crippen molar-refractivity contribution in [3.05, 3.63) is 95.9 Å². The summed E-state index contributed by atoms with van der Waals surface area (Å²) in [6.07, 6.45) is 2.07. The monoisotopic (exact) mass is 319 g/mol. The molecule has 0 saturated heterocycles. The van der Waals surface area contributed by atoms with Gasteiger partial charge in [0.2, 0.25) is 5.91 Å². The van der Waals surface area contributed by atoms with Crippen molar-refractivity contribution >= 4 is 5.91 Å². The van der Waals surface area contributed by atoms with E-state index < -0.39 is 0 Å². The Hall–Kier alpha value is -2.81. The fraction of sp³-hybridized carbons (Fsp3) is 0.190. The molecular formula is C21H21NO2. The van der Waals surface area contributed by atoms with Crippen LogP contribution in [0.1, 0.15) is 29.2 Å². The standard InChI is InChI=1S/C21H21NO2/c1-22(16-19-13-8-14-24-19)21(23)15-20(17-9-4-2-5-10-17)18-11-6-3-7-12-18/h2-14,20H,15-16H2,1H3. The smallest absolute Gasteiger partial charge is 0.223 e. The maximum Gasteiger partial charge on any atom is 0.223 e. The van der Waals surface area contributed by atoms with Gasteiger partial charge in [-0.2, -0.15) is 0 Å². The minimum absolute atomic E-state index is 0.0546. The molecule has 3 heteroatoms. The average molecular weight is 319 g/mol. The fourth-order valence-electron chi connectivity index (χ4n) is 2.85. The number of furan rings is 1. The molecule has 0 spiro atoms. The van der Waals surface area contributed by atoms with Crippen molar-refractivity contribution in [2.24, 2.45) is 0 Å². The van der Waals surface area contributed by atoms with Gasteiger partial charge in [-0.05, 0) is 23.3 Å². The van der Waals surface area contributed by atoms with Crippen LogP contribution in [-0.2, 0) is 11.3 Å². The van der Waals surface area contributed by atoms with Gasteiger partial charge in [-0.25, -0.2) is 0 Å². The van der Waals surface area contributed by atoms with Crippen molar-refractivity contribution < 1.29 is 9.21 Å². The van der Waals surface area contributed by atoms with Gasteiger partial charge in [0.05, 0.1) is 12.8 Å². The molecule has 1 heterocycles. The van der Waals surface area contributed by atoms with E-state index in [4.69, 9.17) is 4.42 Å². The minimum Gasteiger partial charge on any atom is -0.467 e. The topological polar surface area (TPSA) is 33.5 Å². The third kappa shape index (κ3) is 3.93. The molecule has 0 radical (unpaired) electrons. The first kappa shape index (κ1) is 16.1. The van der Waals surface area contributed by atoms with Crippen LogP contribution in [-0.4, -0.2) is 17.9 Å². The maximum absolute atomic E-state index is 12.7. The molecule has 0 aliphatic carbocycles. The number of hydrogen-bond acceptors (Lipinski definition) is 2. The van der Waals surface area contributed by atoms with Crippen LogP contribution in [0, 0.1) is 0 Å². The zero-order chi connectivity index (χ0) is 16.8. The van der Waals surface area contributed by atoms with Crippen LogP contribution >= 0.6 is 0 Å². The molecule has 0 unspecified atom stereocenters. The van der Waals surface area contributed by atoms with Gasteiger partial charge < -0.3 is 9.32 Å². The summed E-state index contributed by atoms with van der Waals surface area (Å²) >= 11 is 0. The molecule has 0 N–H and O–H groups in total. The third-order valence-corrected chi connectivity index (χ3v) is 4.18. The zero-order valence-corrected chi connectivity index (χ0v) is 13.8. The van der Waals surface area contributed by atoms with Crippen molar-refractivity contribution in [2.75, 3.05) is 7.05 Å². The van der Waals surface area contributed by atoms with E-state index in [1.807, 2.05) is 55.6 Å². The van der Waals surface area contributed by atoms with Gasteiger partial charge in [0.1, 0.15) is 5.76 Å². The highest BCUT2D eigenvalue weighted by atomic mass is 16.3. The third-order valence-electron chi connectivity index (χ3n) is 4.18. The number of carbonyl (C=O) groups excluding carboxylic acids is 1. The van der Waals surface area contributed by atoms with Crippen molar-refractivity contribution in [1.29, 1.82) is 0 Å². The molecule has 1 amide bonds. The first-order valence-corrected chi connectivity index (χ1v) is 8.10. The van der Waals surface area contributed by atoms with E-state index in [-0.39, 0.29) is 11.8 Å². The summed E-state index contributed by atoms with van der Waals surface area (Å²) in [5.41, 5.74) is 2.31. The quantitative estimate of drug-likeness (QED) is 0.672. The summed E-state index contributed by atoms with van der Waals surface area (Å²) in [4.78, 5) is 14.4. The van der Waals surface area contributed by atoms with Crippen LogP contribution in [0.2, 0.25) is 0 Å². The molecule has 3 rings (SSSR count). The average Bonchev–Trinajstić information content (AvgIpc) is 3.14. The molecule has 3 nitrogen and oxygen atoms in total. The van der Waals surface area contributed by atoms with Gasteiger partial charge in [-0.3, -0.25) is 4.79 Å². The van der Waals surface area contributed by atoms with Crippen LogP contribution in [0.15, 0.2) is 83.5 Å². The Labute approximate surface area is 142 Å². The van der Waals surface area contributed by atoms with Gasteiger partial charge >= 0.3 is 0 Å². The number of nitrogens with zero attached hydrogens (tertiary/aromatic N) is 1. The molecule has 0 aliphatic rings. The summed E-state index contributed by atoms with van der Waals surface area (Å²) < 4.78 is 5.33. The van der Waals surface area contributed by atoms with Crippen molar-refractivity contribution in [2.45, 2.75) is 18.9 Å². The van der Waals surface area contributed by atoms with Crippen LogP contribution in [0.3, 0.4) is 0 Å². The highest BCUT2D eigenvalue weighted by Gasteiger charge is 2.20. The highest BCUT2D eigenvalue weighted by molar-refractivity contribution is 5.77. The second kappa shape index (κ2) is 7.64. The van der Waals surface area contributed by atoms with E-state index >= 15 is 0 Å². The van der Waals surface area contributed by atoms with Crippen LogP contribution in [0.5, 0.6) is 0 Å². The Kier molecular flexibility index (Phi) is 5.12.